The first-order valence-corrected chi connectivity index (χ1v) is 5.97. The molecule has 0 spiro atoms. The van der Waals surface area contributed by atoms with E-state index in [1.807, 2.05) is 17.4 Å². The van der Waals surface area contributed by atoms with E-state index >= 15 is 0 Å². The third-order valence-electron chi connectivity index (χ3n) is 2.57. The van der Waals surface area contributed by atoms with Gasteiger partial charge < -0.3 is 14.5 Å². The monoisotopic (exact) mass is 263 g/mol. The first-order valence-electron chi connectivity index (χ1n) is 5.97. The summed E-state index contributed by atoms with van der Waals surface area (Å²) >= 11 is 0. The molecular formula is C13H15N2O4+. The van der Waals surface area contributed by atoms with Crippen LogP contribution in [0.15, 0.2) is 47.1 Å². The quantitative estimate of drug-likeness (QED) is 0.464. The maximum atomic E-state index is 10.8. The summed E-state index contributed by atoms with van der Waals surface area (Å²) in [6.07, 6.45) is 1.63. The molecule has 2 rings (SSSR count). The van der Waals surface area contributed by atoms with Crippen molar-refractivity contribution in [1.29, 1.82) is 0 Å². The van der Waals surface area contributed by atoms with Crippen molar-refractivity contribution in [2.24, 2.45) is 0 Å². The van der Waals surface area contributed by atoms with Crippen LogP contribution in [-0.4, -0.2) is 18.1 Å². The Balaban J connectivity index is 1.75. The highest BCUT2D eigenvalue weighted by atomic mass is 16.6. The largest absolute Gasteiger partial charge is 0.481 e. The number of nitrogens with zero attached hydrogens (tertiary/aromatic N) is 1. The van der Waals surface area contributed by atoms with Crippen molar-refractivity contribution in [1.82, 2.24) is 0 Å². The number of hydrogen-bond donors (Lipinski definition) is 1. The van der Waals surface area contributed by atoms with E-state index in [0.717, 1.165) is 12.3 Å². The number of nitro benzene ring substituents is 1. The molecule has 0 aliphatic carbocycles. The van der Waals surface area contributed by atoms with Gasteiger partial charge in [-0.1, -0.05) is 12.1 Å². The molecule has 1 heterocycles. The van der Waals surface area contributed by atoms with Gasteiger partial charge in [0.15, 0.2) is 11.5 Å². The summed E-state index contributed by atoms with van der Waals surface area (Å²) in [7, 11) is 0. The first kappa shape index (κ1) is 13.1. The number of furan rings is 1. The molecular weight excluding hydrogens is 248 g/mol. The molecule has 0 unspecified atom stereocenters. The van der Waals surface area contributed by atoms with Gasteiger partial charge in [0, 0.05) is 6.07 Å². The maximum absolute atomic E-state index is 10.8. The van der Waals surface area contributed by atoms with Crippen LogP contribution in [0.1, 0.15) is 5.76 Å². The molecule has 2 N–H and O–H groups in total. The van der Waals surface area contributed by atoms with Crippen LogP contribution in [-0.2, 0) is 6.54 Å². The zero-order chi connectivity index (χ0) is 13.5. The van der Waals surface area contributed by atoms with Gasteiger partial charge in [-0.15, -0.1) is 0 Å². The van der Waals surface area contributed by atoms with Crippen molar-refractivity contribution < 1.29 is 19.4 Å². The van der Waals surface area contributed by atoms with E-state index < -0.39 is 4.92 Å². The Morgan fingerprint density at radius 3 is 2.84 bits per heavy atom. The topological polar surface area (TPSA) is 82.1 Å². The van der Waals surface area contributed by atoms with Gasteiger partial charge in [0.1, 0.15) is 19.7 Å². The van der Waals surface area contributed by atoms with E-state index in [0.29, 0.717) is 18.9 Å². The number of rotatable bonds is 7. The van der Waals surface area contributed by atoms with Crippen molar-refractivity contribution >= 4 is 5.69 Å². The fraction of sp³-hybridized carbons (Fsp3) is 0.231. The number of quaternary nitrogens is 1. The van der Waals surface area contributed by atoms with Crippen LogP contribution in [0.25, 0.3) is 0 Å². The summed E-state index contributed by atoms with van der Waals surface area (Å²) in [6.45, 7) is 1.84. The van der Waals surface area contributed by atoms with Crippen LogP contribution in [0.2, 0.25) is 0 Å². The second kappa shape index (κ2) is 6.55. The third kappa shape index (κ3) is 3.82. The van der Waals surface area contributed by atoms with Crippen molar-refractivity contribution in [3.8, 4) is 5.75 Å². The molecule has 0 saturated carbocycles. The van der Waals surface area contributed by atoms with Gasteiger partial charge in [0.25, 0.3) is 0 Å². The van der Waals surface area contributed by atoms with E-state index in [-0.39, 0.29) is 5.69 Å². The zero-order valence-corrected chi connectivity index (χ0v) is 10.3. The smallest absolute Gasteiger partial charge is 0.310 e. The van der Waals surface area contributed by atoms with Gasteiger partial charge in [-0.05, 0) is 18.2 Å². The van der Waals surface area contributed by atoms with Crippen LogP contribution in [0.3, 0.4) is 0 Å². The first-order chi connectivity index (χ1) is 9.27. The minimum Gasteiger partial charge on any atom is -0.481 e. The highest BCUT2D eigenvalue weighted by molar-refractivity contribution is 5.45. The molecule has 19 heavy (non-hydrogen) atoms. The summed E-state index contributed by atoms with van der Waals surface area (Å²) in [6, 6.07) is 10.1. The molecule has 0 saturated heterocycles. The second-order valence-corrected chi connectivity index (χ2v) is 3.93. The summed E-state index contributed by atoms with van der Waals surface area (Å²) in [5.41, 5.74) is -0.00599. The molecule has 0 amide bonds. The minimum atomic E-state index is -0.443. The Morgan fingerprint density at radius 1 is 1.26 bits per heavy atom. The van der Waals surface area contributed by atoms with Crippen LogP contribution < -0.4 is 10.1 Å². The van der Waals surface area contributed by atoms with Gasteiger partial charge in [-0.3, -0.25) is 10.1 Å². The summed E-state index contributed by atoms with van der Waals surface area (Å²) in [5.74, 6) is 1.20. The molecule has 0 aliphatic heterocycles. The van der Waals surface area contributed by atoms with Crippen LogP contribution in [0.4, 0.5) is 5.69 Å². The predicted molar refractivity (Wildman–Crippen MR) is 67.8 cm³/mol. The second-order valence-electron chi connectivity index (χ2n) is 3.93. The average molecular weight is 263 g/mol. The lowest BCUT2D eigenvalue weighted by atomic mass is 10.3. The molecule has 0 bridgehead atoms. The van der Waals surface area contributed by atoms with Crippen LogP contribution >= 0.6 is 0 Å². The molecule has 0 fully saturated rings. The molecule has 2 aromatic rings. The lowest BCUT2D eigenvalue weighted by Gasteiger charge is -2.05. The van der Waals surface area contributed by atoms with E-state index in [1.165, 1.54) is 6.07 Å². The van der Waals surface area contributed by atoms with Gasteiger partial charge in [-0.2, -0.15) is 0 Å². The Morgan fingerprint density at radius 2 is 2.11 bits per heavy atom. The fourth-order valence-electron chi connectivity index (χ4n) is 1.66. The summed E-state index contributed by atoms with van der Waals surface area (Å²) < 4.78 is 10.6. The van der Waals surface area contributed by atoms with Gasteiger partial charge >= 0.3 is 5.69 Å². The minimum absolute atomic E-state index is 0.00599. The van der Waals surface area contributed by atoms with E-state index in [4.69, 9.17) is 9.15 Å². The third-order valence-corrected chi connectivity index (χ3v) is 2.57. The lowest BCUT2D eigenvalue weighted by Crippen LogP contribution is -2.83. The molecule has 0 aliphatic rings. The number of hydrogen-bond acceptors (Lipinski definition) is 4. The number of nitro groups is 1. The molecule has 6 nitrogen and oxygen atoms in total. The number of ether oxygens (including phenoxy) is 1. The standard InChI is InChI=1S/C13H14N2O4/c16-15(17)12-5-1-2-6-13(12)19-9-7-14-10-11-4-3-8-18-11/h1-6,8,14H,7,9-10H2/p+1. The fourth-order valence-corrected chi connectivity index (χ4v) is 1.66. The van der Waals surface area contributed by atoms with E-state index in [9.17, 15) is 10.1 Å². The molecule has 100 valence electrons. The predicted octanol–water partition coefficient (Wildman–Crippen LogP) is 1.33. The Bertz CT molecular complexity index is 525. The van der Waals surface area contributed by atoms with E-state index in [2.05, 4.69) is 0 Å². The highest BCUT2D eigenvalue weighted by Gasteiger charge is 2.13. The molecule has 0 atom stereocenters. The lowest BCUT2D eigenvalue weighted by molar-refractivity contribution is -0.672. The van der Waals surface area contributed by atoms with E-state index in [1.54, 1.807) is 24.5 Å². The van der Waals surface area contributed by atoms with Gasteiger partial charge in [0.2, 0.25) is 0 Å². The average Bonchev–Trinajstić information content (AvgIpc) is 2.92. The molecule has 0 radical (unpaired) electrons. The summed E-state index contributed by atoms with van der Waals surface area (Å²) in [5, 5.41) is 12.8. The zero-order valence-electron chi connectivity index (χ0n) is 10.3. The maximum Gasteiger partial charge on any atom is 0.310 e. The van der Waals surface area contributed by atoms with Crippen molar-refractivity contribution in [3.63, 3.8) is 0 Å². The Labute approximate surface area is 110 Å². The van der Waals surface area contributed by atoms with Crippen molar-refractivity contribution in [2.45, 2.75) is 6.54 Å². The Hall–Kier alpha value is -2.34. The normalized spacial score (nSPS) is 10.3. The van der Waals surface area contributed by atoms with Gasteiger partial charge in [0.05, 0.1) is 11.2 Å². The Kier molecular flexibility index (Phi) is 4.52. The highest BCUT2D eigenvalue weighted by Crippen LogP contribution is 2.25. The van der Waals surface area contributed by atoms with Crippen LogP contribution in [0, 0.1) is 10.1 Å². The molecule has 1 aromatic heterocycles. The molecule has 6 heteroatoms. The number of nitrogens with two attached hydrogens (primary N) is 1. The number of para-hydroxylation sites is 2. The van der Waals surface area contributed by atoms with Gasteiger partial charge in [-0.25, -0.2) is 0 Å². The van der Waals surface area contributed by atoms with Crippen molar-refractivity contribution in [3.05, 3.63) is 58.5 Å². The van der Waals surface area contributed by atoms with Crippen LogP contribution in [0.5, 0.6) is 5.75 Å². The van der Waals surface area contributed by atoms with Crippen molar-refractivity contribution in [2.75, 3.05) is 13.2 Å². The SMILES string of the molecule is O=[N+]([O-])c1ccccc1OCC[NH2+]Cc1ccco1. The number of benzene rings is 1. The molecule has 1 aromatic carbocycles. The summed E-state index contributed by atoms with van der Waals surface area (Å²) in [4.78, 5) is 10.3.